The Morgan fingerprint density at radius 3 is 2.50 bits per heavy atom. The molecule has 14 heavy (non-hydrogen) atoms. The fourth-order valence-electron chi connectivity index (χ4n) is 1.68. The normalized spacial score (nSPS) is 20.2. The molecule has 1 fully saturated rings. The third-order valence-corrected chi connectivity index (χ3v) is 4.13. The van der Waals surface area contributed by atoms with Crippen LogP contribution in [0.15, 0.2) is 0 Å². The average Bonchev–Trinajstić information content (AvgIpc) is 2.19. The lowest BCUT2D eigenvalue weighted by Crippen LogP contribution is -2.41. The highest BCUT2D eigenvalue weighted by Gasteiger charge is 2.21. The van der Waals surface area contributed by atoms with E-state index in [0.29, 0.717) is 12.5 Å². The number of hydrogen-bond donors (Lipinski definition) is 2. The summed E-state index contributed by atoms with van der Waals surface area (Å²) in [6.07, 6.45) is 2.12. The SMILES string of the molecule is CNS(=O)(=O)N(C)CC1CCNCC1. The van der Waals surface area contributed by atoms with Gasteiger partial charge in [0.2, 0.25) is 0 Å². The van der Waals surface area contributed by atoms with E-state index >= 15 is 0 Å². The van der Waals surface area contributed by atoms with Crippen molar-refractivity contribution in [3.05, 3.63) is 0 Å². The first-order chi connectivity index (χ1) is 6.56. The number of nitrogens with zero attached hydrogens (tertiary/aromatic N) is 1. The van der Waals surface area contributed by atoms with Gasteiger partial charge in [-0.2, -0.15) is 12.7 Å². The van der Waals surface area contributed by atoms with Crippen LogP contribution < -0.4 is 10.0 Å². The van der Waals surface area contributed by atoms with E-state index in [1.165, 1.54) is 11.4 Å². The summed E-state index contributed by atoms with van der Waals surface area (Å²) in [5, 5.41) is 3.26. The van der Waals surface area contributed by atoms with Crippen LogP contribution in [0, 0.1) is 5.92 Å². The highest BCUT2D eigenvalue weighted by molar-refractivity contribution is 7.87. The molecule has 0 aliphatic carbocycles. The molecule has 2 N–H and O–H groups in total. The van der Waals surface area contributed by atoms with Gasteiger partial charge >= 0.3 is 0 Å². The van der Waals surface area contributed by atoms with Gasteiger partial charge in [0, 0.05) is 20.6 Å². The predicted octanol–water partition coefficient (Wildman–Crippen LogP) is -0.618. The first-order valence-electron chi connectivity index (χ1n) is 4.92. The molecular formula is C8H19N3O2S. The molecule has 6 heteroatoms. The van der Waals surface area contributed by atoms with Crippen molar-refractivity contribution >= 4 is 10.2 Å². The Labute approximate surface area is 86.0 Å². The topological polar surface area (TPSA) is 61.4 Å². The number of nitrogens with one attached hydrogen (secondary N) is 2. The van der Waals surface area contributed by atoms with Crippen molar-refractivity contribution in [2.24, 2.45) is 5.92 Å². The molecule has 0 aromatic carbocycles. The summed E-state index contributed by atoms with van der Waals surface area (Å²) in [6.45, 7) is 2.61. The Morgan fingerprint density at radius 2 is 2.00 bits per heavy atom. The summed E-state index contributed by atoms with van der Waals surface area (Å²) in [6, 6.07) is 0. The quantitative estimate of drug-likeness (QED) is 0.665. The Balaban J connectivity index is 2.43. The van der Waals surface area contributed by atoms with Crippen LogP contribution in [0.4, 0.5) is 0 Å². The second-order valence-electron chi connectivity index (χ2n) is 3.68. The lowest BCUT2D eigenvalue weighted by Gasteiger charge is -2.26. The molecule has 0 saturated carbocycles. The third kappa shape index (κ3) is 3.20. The van der Waals surface area contributed by atoms with E-state index in [0.717, 1.165) is 25.9 Å². The fourth-order valence-corrected chi connectivity index (χ4v) is 2.40. The first kappa shape index (κ1) is 11.9. The lowest BCUT2D eigenvalue weighted by molar-refractivity contribution is 0.309. The van der Waals surface area contributed by atoms with Gasteiger partial charge in [0.1, 0.15) is 0 Å². The Morgan fingerprint density at radius 1 is 1.43 bits per heavy atom. The van der Waals surface area contributed by atoms with Crippen molar-refractivity contribution in [2.75, 3.05) is 33.7 Å². The first-order valence-corrected chi connectivity index (χ1v) is 6.36. The summed E-state index contributed by atoms with van der Waals surface area (Å²) >= 11 is 0. The zero-order valence-corrected chi connectivity index (χ0v) is 9.60. The van der Waals surface area contributed by atoms with Crippen LogP contribution in [-0.2, 0) is 10.2 Å². The molecule has 0 amide bonds. The smallest absolute Gasteiger partial charge is 0.278 e. The van der Waals surface area contributed by atoms with E-state index in [2.05, 4.69) is 10.0 Å². The molecule has 1 heterocycles. The number of hydrogen-bond acceptors (Lipinski definition) is 3. The zero-order chi connectivity index (χ0) is 10.6. The van der Waals surface area contributed by atoms with Crippen molar-refractivity contribution in [3.63, 3.8) is 0 Å². The number of rotatable bonds is 4. The molecule has 0 unspecified atom stereocenters. The van der Waals surface area contributed by atoms with Crippen molar-refractivity contribution < 1.29 is 8.42 Å². The van der Waals surface area contributed by atoms with E-state index in [4.69, 9.17) is 0 Å². The molecule has 0 radical (unpaired) electrons. The largest absolute Gasteiger partial charge is 0.317 e. The maximum absolute atomic E-state index is 11.4. The van der Waals surface area contributed by atoms with Crippen molar-refractivity contribution in [2.45, 2.75) is 12.8 Å². The Hall–Kier alpha value is -0.170. The standard InChI is InChI=1S/C8H19N3O2S/c1-9-14(12,13)11(2)7-8-3-5-10-6-4-8/h8-10H,3-7H2,1-2H3. The van der Waals surface area contributed by atoms with Gasteiger partial charge in [-0.25, -0.2) is 4.72 Å². The van der Waals surface area contributed by atoms with Gasteiger partial charge in [-0.15, -0.1) is 0 Å². The molecule has 0 atom stereocenters. The van der Waals surface area contributed by atoms with Crippen molar-refractivity contribution in [3.8, 4) is 0 Å². The van der Waals surface area contributed by atoms with Gasteiger partial charge < -0.3 is 5.32 Å². The second kappa shape index (κ2) is 5.06. The molecule has 1 aliphatic heterocycles. The molecule has 1 rings (SSSR count). The van der Waals surface area contributed by atoms with E-state index < -0.39 is 10.2 Å². The zero-order valence-electron chi connectivity index (χ0n) is 8.78. The molecule has 0 spiro atoms. The summed E-state index contributed by atoms with van der Waals surface area (Å²) in [5.41, 5.74) is 0. The van der Waals surface area contributed by atoms with Gasteiger partial charge in [-0.1, -0.05) is 0 Å². The maximum Gasteiger partial charge on any atom is 0.278 e. The van der Waals surface area contributed by atoms with E-state index in [1.54, 1.807) is 7.05 Å². The van der Waals surface area contributed by atoms with Crippen LogP contribution in [-0.4, -0.2) is 46.5 Å². The van der Waals surface area contributed by atoms with Gasteiger partial charge in [0.05, 0.1) is 0 Å². The average molecular weight is 221 g/mol. The Bertz CT molecular complexity index is 260. The van der Waals surface area contributed by atoms with Crippen molar-refractivity contribution in [1.82, 2.24) is 14.3 Å². The highest BCUT2D eigenvalue weighted by atomic mass is 32.2. The van der Waals surface area contributed by atoms with Crippen molar-refractivity contribution in [1.29, 1.82) is 0 Å². The molecule has 5 nitrogen and oxygen atoms in total. The van der Waals surface area contributed by atoms with Gasteiger partial charge in [-0.05, 0) is 31.8 Å². The molecule has 0 bridgehead atoms. The van der Waals surface area contributed by atoms with E-state index in [1.807, 2.05) is 0 Å². The summed E-state index contributed by atoms with van der Waals surface area (Å²) in [5.74, 6) is 0.490. The molecule has 1 saturated heterocycles. The summed E-state index contributed by atoms with van der Waals surface area (Å²) in [4.78, 5) is 0. The van der Waals surface area contributed by atoms with Gasteiger partial charge in [0.25, 0.3) is 10.2 Å². The molecular weight excluding hydrogens is 202 g/mol. The third-order valence-electron chi connectivity index (χ3n) is 2.64. The molecule has 0 aromatic rings. The molecule has 1 aliphatic rings. The van der Waals surface area contributed by atoms with E-state index in [-0.39, 0.29) is 0 Å². The maximum atomic E-state index is 11.4. The predicted molar refractivity (Wildman–Crippen MR) is 56.2 cm³/mol. The fraction of sp³-hybridized carbons (Fsp3) is 1.00. The molecule has 84 valence electrons. The van der Waals surface area contributed by atoms with Gasteiger partial charge in [0.15, 0.2) is 0 Å². The monoisotopic (exact) mass is 221 g/mol. The minimum atomic E-state index is -3.23. The minimum Gasteiger partial charge on any atom is -0.317 e. The summed E-state index contributed by atoms with van der Waals surface area (Å²) < 4.78 is 26.4. The van der Waals surface area contributed by atoms with Crippen LogP contribution >= 0.6 is 0 Å². The van der Waals surface area contributed by atoms with Crippen LogP contribution in [0.1, 0.15) is 12.8 Å². The Kier molecular flexibility index (Phi) is 4.31. The van der Waals surface area contributed by atoms with Crippen LogP contribution in [0.2, 0.25) is 0 Å². The number of piperidine rings is 1. The van der Waals surface area contributed by atoms with Gasteiger partial charge in [-0.3, -0.25) is 0 Å². The highest BCUT2D eigenvalue weighted by Crippen LogP contribution is 2.13. The molecule has 0 aromatic heterocycles. The van der Waals surface area contributed by atoms with E-state index in [9.17, 15) is 8.42 Å². The lowest BCUT2D eigenvalue weighted by atomic mass is 9.98. The minimum absolute atomic E-state index is 0.490. The second-order valence-corrected chi connectivity index (χ2v) is 5.66. The van der Waals surface area contributed by atoms with Crippen LogP contribution in [0.5, 0.6) is 0 Å². The summed E-state index contributed by atoms with van der Waals surface area (Å²) in [7, 11) is -0.177. The van der Waals surface area contributed by atoms with Crippen LogP contribution in [0.25, 0.3) is 0 Å². The van der Waals surface area contributed by atoms with Crippen LogP contribution in [0.3, 0.4) is 0 Å².